The molecule has 1 unspecified atom stereocenters. The molecule has 0 amide bonds. The van der Waals surface area contributed by atoms with E-state index in [4.69, 9.17) is 15.3 Å². The Morgan fingerprint density at radius 3 is 2.67 bits per heavy atom. The second-order valence-electron chi connectivity index (χ2n) is 4.81. The lowest BCUT2D eigenvalue weighted by atomic mass is 10.00. The number of aryl methyl sites for hydroxylation is 2. The van der Waals surface area contributed by atoms with Crippen LogP contribution in [0.2, 0.25) is 0 Å². The molecule has 2 aromatic rings. The Morgan fingerprint density at radius 1 is 1.29 bits per heavy atom. The molecule has 1 aromatic heterocycles. The lowest BCUT2D eigenvalue weighted by molar-refractivity contribution is 0.386. The van der Waals surface area contributed by atoms with Gasteiger partial charge < -0.3 is 9.47 Å². The van der Waals surface area contributed by atoms with Gasteiger partial charge in [-0.1, -0.05) is 0 Å². The van der Waals surface area contributed by atoms with Crippen LogP contribution in [0.5, 0.6) is 11.5 Å². The van der Waals surface area contributed by atoms with Crippen molar-refractivity contribution in [1.82, 2.24) is 15.2 Å². The maximum absolute atomic E-state index is 5.73. The van der Waals surface area contributed by atoms with Gasteiger partial charge in [-0.3, -0.25) is 16.0 Å². The Balaban J connectivity index is 2.18. The van der Waals surface area contributed by atoms with Gasteiger partial charge in [0.1, 0.15) is 11.5 Å². The largest absolute Gasteiger partial charge is 0.497 e. The Morgan fingerprint density at radius 2 is 2.10 bits per heavy atom. The summed E-state index contributed by atoms with van der Waals surface area (Å²) in [4.78, 5) is 0. The molecule has 0 saturated heterocycles. The molecule has 1 atom stereocenters. The topological polar surface area (TPSA) is 74.3 Å². The number of hydrogen-bond acceptors (Lipinski definition) is 5. The summed E-state index contributed by atoms with van der Waals surface area (Å²) in [7, 11) is 5.23. The van der Waals surface area contributed by atoms with Gasteiger partial charge in [-0.2, -0.15) is 5.10 Å². The smallest absolute Gasteiger partial charge is 0.123 e. The van der Waals surface area contributed by atoms with E-state index in [1.165, 1.54) is 0 Å². The highest BCUT2D eigenvalue weighted by Crippen LogP contribution is 2.31. The summed E-state index contributed by atoms with van der Waals surface area (Å²) in [5.41, 5.74) is 5.01. The van der Waals surface area contributed by atoms with Crippen LogP contribution in [0.3, 0.4) is 0 Å². The van der Waals surface area contributed by atoms with E-state index in [-0.39, 0.29) is 6.04 Å². The third-order valence-corrected chi connectivity index (χ3v) is 3.63. The molecule has 0 aliphatic heterocycles. The van der Waals surface area contributed by atoms with Crippen molar-refractivity contribution in [3.63, 3.8) is 0 Å². The molecule has 2 rings (SSSR count). The van der Waals surface area contributed by atoms with Crippen LogP contribution in [0.25, 0.3) is 0 Å². The SMILES string of the molecule is COc1ccc(OC)c(C(CCc2ccnn2C)NN)c1. The minimum absolute atomic E-state index is 0.0232. The number of methoxy groups -OCH3 is 2. The van der Waals surface area contributed by atoms with Gasteiger partial charge in [-0.25, -0.2) is 0 Å². The van der Waals surface area contributed by atoms with Crippen LogP contribution >= 0.6 is 0 Å². The summed E-state index contributed by atoms with van der Waals surface area (Å²) in [6, 6.07) is 7.70. The van der Waals surface area contributed by atoms with E-state index in [9.17, 15) is 0 Å². The summed E-state index contributed by atoms with van der Waals surface area (Å²) >= 11 is 0. The molecule has 114 valence electrons. The predicted octanol–water partition coefficient (Wildman–Crippen LogP) is 1.57. The van der Waals surface area contributed by atoms with Crippen LogP contribution in [0.4, 0.5) is 0 Å². The molecular weight excluding hydrogens is 268 g/mol. The number of hydrazine groups is 1. The van der Waals surface area contributed by atoms with E-state index in [0.29, 0.717) is 0 Å². The second kappa shape index (κ2) is 7.10. The molecule has 0 aliphatic rings. The van der Waals surface area contributed by atoms with E-state index >= 15 is 0 Å². The van der Waals surface area contributed by atoms with Crippen molar-refractivity contribution in [1.29, 1.82) is 0 Å². The first-order valence-corrected chi connectivity index (χ1v) is 6.84. The minimum Gasteiger partial charge on any atom is -0.497 e. The van der Waals surface area contributed by atoms with Gasteiger partial charge in [0.25, 0.3) is 0 Å². The number of nitrogens with two attached hydrogens (primary N) is 1. The molecule has 0 spiro atoms. The molecular formula is C15H22N4O2. The Hall–Kier alpha value is -2.05. The average Bonchev–Trinajstić information content (AvgIpc) is 2.93. The Labute approximate surface area is 124 Å². The first-order valence-electron chi connectivity index (χ1n) is 6.84. The fraction of sp³-hybridized carbons (Fsp3) is 0.400. The summed E-state index contributed by atoms with van der Waals surface area (Å²) in [6.07, 6.45) is 3.50. The first-order chi connectivity index (χ1) is 10.2. The van der Waals surface area contributed by atoms with Crippen molar-refractivity contribution in [3.8, 4) is 11.5 Å². The van der Waals surface area contributed by atoms with Crippen LogP contribution in [0.1, 0.15) is 23.7 Å². The fourth-order valence-electron chi connectivity index (χ4n) is 2.38. The zero-order valence-electron chi connectivity index (χ0n) is 12.7. The number of aromatic nitrogens is 2. The number of benzene rings is 1. The van der Waals surface area contributed by atoms with Crippen molar-refractivity contribution in [2.45, 2.75) is 18.9 Å². The van der Waals surface area contributed by atoms with E-state index in [2.05, 4.69) is 10.5 Å². The zero-order valence-corrected chi connectivity index (χ0v) is 12.7. The van der Waals surface area contributed by atoms with Gasteiger partial charge in [0.2, 0.25) is 0 Å². The van der Waals surface area contributed by atoms with Gasteiger partial charge in [-0.05, 0) is 37.1 Å². The minimum atomic E-state index is -0.0232. The molecule has 0 bridgehead atoms. The third kappa shape index (κ3) is 3.53. The van der Waals surface area contributed by atoms with Gasteiger partial charge in [0.15, 0.2) is 0 Å². The van der Waals surface area contributed by atoms with Crippen molar-refractivity contribution in [2.75, 3.05) is 14.2 Å². The summed E-state index contributed by atoms with van der Waals surface area (Å²) in [6.45, 7) is 0. The monoisotopic (exact) mass is 290 g/mol. The predicted molar refractivity (Wildman–Crippen MR) is 81.1 cm³/mol. The summed E-state index contributed by atoms with van der Waals surface area (Å²) < 4.78 is 12.6. The molecule has 0 saturated carbocycles. The maximum Gasteiger partial charge on any atom is 0.123 e. The van der Waals surface area contributed by atoms with Crippen molar-refractivity contribution in [3.05, 3.63) is 41.7 Å². The van der Waals surface area contributed by atoms with E-state index in [1.54, 1.807) is 20.4 Å². The van der Waals surface area contributed by atoms with Crippen molar-refractivity contribution < 1.29 is 9.47 Å². The van der Waals surface area contributed by atoms with Gasteiger partial charge in [0.05, 0.1) is 20.3 Å². The third-order valence-electron chi connectivity index (χ3n) is 3.63. The summed E-state index contributed by atoms with van der Waals surface area (Å²) in [5, 5.41) is 4.17. The first kappa shape index (κ1) is 15.3. The molecule has 1 heterocycles. The molecule has 6 nitrogen and oxygen atoms in total. The van der Waals surface area contributed by atoms with Gasteiger partial charge in [-0.15, -0.1) is 0 Å². The Bertz CT molecular complexity index is 583. The number of nitrogens with one attached hydrogen (secondary N) is 1. The maximum atomic E-state index is 5.73. The molecule has 0 radical (unpaired) electrons. The van der Waals surface area contributed by atoms with Crippen LogP contribution in [-0.2, 0) is 13.5 Å². The van der Waals surface area contributed by atoms with Gasteiger partial charge in [0, 0.05) is 24.5 Å². The lowest BCUT2D eigenvalue weighted by Gasteiger charge is -2.20. The molecule has 3 N–H and O–H groups in total. The highest BCUT2D eigenvalue weighted by Gasteiger charge is 2.16. The average molecular weight is 290 g/mol. The van der Waals surface area contributed by atoms with Crippen LogP contribution in [0, 0.1) is 0 Å². The van der Waals surface area contributed by atoms with E-state index < -0.39 is 0 Å². The van der Waals surface area contributed by atoms with Crippen molar-refractivity contribution >= 4 is 0 Å². The van der Waals surface area contributed by atoms with Crippen LogP contribution in [0.15, 0.2) is 30.5 Å². The van der Waals surface area contributed by atoms with Gasteiger partial charge >= 0.3 is 0 Å². The number of rotatable bonds is 7. The number of ether oxygens (including phenoxy) is 2. The number of hydrogen-bond donors (Lipinski definition) is 2. The van der Waals surface area contributed by atoms with Crippen LogP contribution in [-0.4, -0.2) is 24.0 Å². The lowest BCUT2D eigenvalue weighted by Crippen LogP contribution is -2.29. The summed E-state index contributed by atoms with van der Waals surface area (Å²) in [5.74, 6) is 7.31. The molecule has 0 aliphatic carbocycles. The molecule has 1 aromatic carbocycles. The van der Waals surface area contributed by atoms with E-state index in [0.717, 1.165) is 35.6 Å². The standard InChI is InChI=1S/C15H22N4O2/c1-19-11(8-9-17-19)4-6-14(18-16)13-10-12(20-2)5-7-15(13)21-3/h5,7-10,14,18H,4,6,16H2,1-3H3. The fourth-order valence-corrected chi connectivity index (χ4v) is 2.38. The molecule has 6 heteroatoms. The quantitative estimate of drug-likeness (QED) is 0.598. The van der Waals surface area contributed by atoms with Crippen LogP contribution < -0.4 is 20.7 Å². The van der Waals surface area contributed by atoms with Crippen molar-refractivity contribution in [2.24, 2.45) is 12.9 Å². The zero-order chi connectivity index (χ0) is 15.2. The molecule has 0 fully saturated rings. The van der Waals surface area contributed by atoms with E-state index in [1.807, 2.05) is 36.0 Å². The molecule has 21 heavy (non-hydrogen) atoms. The Kier molecular flexibility index (Phi) is 5.19. The number of nitrogens with zero attached hydrogens (tertiary/aromatic N) is 2. The second-order valence-corrected chi connectivity index (χ2v) is 4.81. The normalized spacial score (nSPS) is 12.2. The highest BCUT2D eigenvalue weighted by molar-refractivity contribution is 5.42. The highest BCUT2D eigenvalue weighted by atomic mass is 16.5.